The standard InChI is InChI=1S/C35H41N3O7/c1-3-5-16-28(40)36-22-27(25-14-10-7-11-15-25)44-34(43)29-26-17-18-35(45-26)30(29)32(41)38(20-21-39)31(35)33(42)37(19-4-2)23-24-12-8-6-9-13-24/h3-4,6-15,26-27,29-31,39H,1-2,5,16-23H2,(H,36,40)/t26-,27-,29+,30+,31-,35+/m1/s1. The molecule has 5 rings (SSSR count). The van der Waals surface area contributed by atoms with Crippen LogP contribution in [-0.2, 0) is 35.2 Å². The topological polar surface area (TPSA) is 125 Å². The van der Waals surface area contributed by atoms with E-state index in [0.29, 0.717) is 31.4 Å². The minimum atomic E-state index is -1.23. The van der Waals surface area contributed by atoms with Gasteiger partial charge in [0, 0.05) is 26.1 Å². The van der Waals surface area contributed by atoms with Crippen LogP contribution in [0.15, 0.2) is 86.0 Å². The Morgan fingerprint density at radius 3 is 2.49 bits per heavy atom. The number of rotatable bonds is 15. The predicted molar refractivity (Wildman–Crippen MR) is 166 cm³/mol. The van der Waals surface area contributed by atoms with Crippen molar-refractivity contribution in [2.45, 2.75) is 56.1 Å². The largest absolute Gasteiger partial charge is 0.455 e. The summed E-state index contributed by atoms with van der Waals surface area (Å²) in [5.41, 5.74) is 0.387. The zero-order chi connectivity index (χ0) is 32.0. The summed E-state index contributed by atoms with van der Waals surface area (Å²) < 4.78 is 12.6. The summed E-state index contributed by atoms with van der Waals surface area (Å²) in [6.07, 6.45) is 3.59. The summed E-state index contributed by atoms with van der Waals surface area (Å²) in [6, 6.07) is 17.6. The van der Waals surface area contributed by atoms with Crippen LogP contribution in [0.5, 0.6) is 0 Å². The number of allylic oxidation sites excluding steroid dienone is 1. The number of amides is 3. The second kappa shape index (κ2) is 14.2. The van der Waals surface area contributed by atoms with Gasteiger partial charge in [0.05, 0.1) is 31.1 Å². The molecule has 1 spiro atoms. The van der Waals surface area contributed by atoms with E-state index in [9.17, 15) is 24.3 Å². The highest BCUT2D eigenvalue weighted by atomic mass is 16.6. The molecule has 0 radical (unpaired) electrons. The maximum atomic E-state index is 14.3. The van der Waals surface area contributed by atoms with Gasteiger partial charge in [-0.2, -0.15) is 0 Å². The average molecular weight is 616 g/mol. The molecule has 0 saturated carbocycles. The summed E-state index contributed by atoms with van der Waals surface area (Å²) in [5, 5.41) is 12.8. The van der Waals surface area contributed by atoms with E-state index in [-0.39, 0.29) is 44.5 Å². The molecular formula is C35H41N3O7. The zero-order valence-electron chi connectivity index (χ0n) is 25.4. The van der Waals surface area contributed by atoms with Gasteiger partial charge in [0.2, 0.25) is 17.7 Å². The summed E-state index contributed by atoms with van der Waals surface area (Å²) in [7, 11) is 0. The van der Waals surface area contributed by atoms with E-state index < -0.39 is 47.6 Å². The van der Waals surface area contributed by atoms with Crippen molar-refractivity contribution in [1.82, 2.24) is 15.1 Å². The molecule has 10 heteroatoms. The molecule has 238 valence electrons. The molecule has 2 aromatic rings. The molecule has 2 bridgehead atoms. The Morgan fingerprint density at radius 2 is 1.82 bits per heavy atom. The van der Waals surface area contributed by atoms with E-state index >= 15 is 0 Å². The van der Waals surface area contributed by atoms with Crippen LogP contribution in [0.1, 0.15) is 42.9 Å². The lowest BCUT2D eigenvalue weighted by atomic mass is 9.70. The molecule has 6 atom stereocenters. The van der Waals surface area contributed by atoms with Crippen LogP contribution in [0.2, 0.25) is 0 Å². The van der Waals surface area contributed by atoms with Crippen molar-refractivity contribution >= 4 is 23.7 Å². The van der Waals surface area contributed by atoms with Gasteiger partial charge in [-0.3, -0.25) is 19.2 Å². The van der Waals surface area contributed by atoms with Gasteiger partial charge in [-0.05, 0) is 30.4 Å². The number of benzene rings is 2. The summed E-state index contributed by atoms with van der Waals surface area (Å²) in [5.74, 6) is -3.40. The second-order valence-corrected chi connectivity index (χ2v) is 11.8. The number of aliphatic hydroxyl groups excluding tert-OH is 1. The maximum absolute atomic E-state index is 14.3. The number of nitrogens with one attached hydrogen (secondary N) is 1. The van der Waals surface area contributed by atoms with E-state index in [1.807, 2.05) is 60.7 Å². The highest BCUT2D eigenvalue weighted by molar-refractivity contribution is 5.98. The Balaban J connectivity index is 1.41. The number of esters is 1. The molecule has 2 N–H and O–H groups in total. The monoisotopic (exact) mass is 615 g/mol. The Morgan fingerprint density at radius 1 is 1.11 bits per heavy atom. The highest BCUT2D eigenvalue weighted by Crippen LogP contribution is 2.59. The van der Waals surface area contributed by atoms with Gasteiger partial charge in [-0.25, -0.2) is 0 Å². The van der Waals surface area contributed by atoms with Crippen molar-refractivity contribution < 1.29 is 33.8 Å². The van der Waals surface area contributed by atoms with Crippen molar-refractivity contribution in [3.05, 3.63) is 97.1 Å². The number of carbonyl (C=O) groups excluding carboxylic acids is 4. The number of nitrogens with zero attached hydrogens (tertiary/aromatic N) is 2. The van der Waals surface area contributed by atoms with Crippen LogP contribution < -0.4 is 5.32 Å². The molecule has 2 aromatic carbocycles. The Kier molecular flexibility index (Phi) is 10.1. The van der Waals surface area contributed by atoms with Gasteiger partial charge in [0.1, 0.15) is 17.7 Å². The van der Waals surface area contributed by atoms with Crippen LogP contribution in [0, 0.1) is 11.8 Å². The Labute approximate surface area is 263 Å². The first-order chi connectivity index (χ1) is 21.8. The summed E-state index contributed by atoms with van der Waals surface area (Å²) in [6.45, 7) is 7.66. The molecule has 3 fully saturated rings. The van der Waals surface area contributed by atoms with Gasteiger partial charge >= 0.3 is 5.97 Å². The zero-order valence-corrected chi connectivity index (χ0v) is 25.4. The van der Waals surface area contributed by atoms with Crippen molar-refractivity contribution in [2.75, 3.05) is 26.2 Å². The van der Waals surface area contributed by atoms with Crippen LogP contribution in [0.3, 0.4) is 0 Å². The quantitative estimate of drug-likeness (QED) is 0.233. The minimum Gasteiger partial charge on any atom is -0.455 e. The lowest BCUT2D eigenvalue weighted by Crippen LogP contribution is -2.56. The van der Waals surface area contributed by atoms with Gasteiger partial charge in [-0.15, -0.1) is 13.2 Å². The highest BCUT2D eigenvalue weighted by Gasteiger charge is 2.75. The SMILES string of the molecule is C=CCCC(=O)NC[C@@H](OC(=O)[C@@H]1[C@H]2C(=O)N(CCO)[C@H](C(=O)N(CC=C)Cc3ccccc3)[C@]23CC[C@H]1O3)c1ccccc1. The van der Waals surface area contributed by atoms with E-state index in [2.05, 4.69) is 18.5 Å². The van der Waals surface area contributed by atoms with Crippen molar-refractivity contribution in [1.29, 1.82) is 0 Å². The summed E-state index contributed by atoms with van der Waals surface area (Å²) >= 11 is 0. The fourth-order valence-corrected chi connectivity index (χ4v) is 7.06. The molecule has 45 heavy (non-hydrogen) atoms. The number of ether oxygens (including phenoxy) is 2. The first-order valence-electron chi connectivity index (χ1n) is 15.5. The van der Waals surface area contributed by atoms with Gasteiger partial charge in [0.15, 0.2) is 0 Å². The average Bonchev–Trinajstić information content (AvgIpc) is 3.70. The number of aliphatic hydroxyl groups is 1. The van der Waals surface area contributed by atoms with Gasteiger partial charge in [0.25, 0.3) is 0 Å². The lowest BCUT2D eigenvalue weighted by Gasteiger charge is -2.36. The molecular weight excluding hydrogens is 574 g/mol. The third-order valence-corrected chi connectivity index (χ3v) is 9.01. The number of hydrogen-bond donors (Lipinski definition) is 2. The van der Waals surface area contributed by atoms with Gasteiger partial charge in [-0.1, -0.05) is 72.8 Å². The molecule has 0 aliphatic carbocycles. The Hall–Kier alpha value is -4.28. The van der Waals surface area contributed by atoms with E-state index in [0.717, 1.165) is 5.56 Å². The molecule has 3 heterocycles. The van der Waals surface area contributed by atoms with Crippen LogP contribution >= 0.6 is 0 Å². The first-order valence-corrected chi connectivity index (χ1v) is 15.5. The lowest BCUT2D eigenvalue weighted by molar-refractivity contribution is -0.160. The predicted octanol–water partition coefficient (Wildman–Crippen LogP) is 2.94. The van der Waals surface area contributed by atoms with Crippen molar-refractivity contribution in [3.8, 4) is 0 Å². The van der Waals surface area contributed by atoms with E-state index in [1.165, 1.54) is 4.90 Å². The number of hydrogen-bond acceptors (Lipinski definition) is 7. The molecule has 3 aliphatic heterocycles. The molecule has 3 saturated heterocycles. The van der Waals surface area contributed by atoms with Gasteiger partial charge < -0.3 is 29.7 Å². The van der Waals surface area contributed by atoms with Crippen molar-refractivity contribution in [3.63, 3.8) is 0 Å². The smallest absolute Gasteiger partial charge is 0.313 e. The maximum Gasteiger partial charge on any atom is 0.313 e. The third-order valence-electron chi connectivity index (χ3n) is 9.01. The van der Waals surface area contributed by atoms with Crippen LogP contribution in [0.4, 0.5) is 0 Å². The molecule has 0 aromatic heterocycles. The Bertz CT molecular complexity index is 1400. The van der Waals surface area contributed by atoms with Crippen LogP contribution in [0.25, 0.3) is 0 Å². The summed E-state index contributed by atoms with van der Waals surface area (Å²) in [4.78, 5) is 57.7. The molecule has 0 unspecified atom stereocenters. The molecule has 3 aliphatic rings. The number of carbonyl (C=O) groups is 4. The van der Waals surface area contributed by atoms with Crippen molar-refractivity contribution in [2.24, 2.45) is 11.8 Å². The second-order valence-electron chi connectivity index (χ2n) is 11.8. The fourth-order valence-electron chi connectivity index (χ4n) is 7.06. The molecule has 3 amide bonds. The first kappa shape index (κ1) is 32.1. The third kappa shape index (κ3) is 6.43. The fraction of sp³-hybridized carbons (Fsp3) is 0.429. The minimum absolute atomic E-state index is 0.0570. The van der Waals surface area contributed by atoms with Crippen LogP contribution in [-0.4, -0.2) is 82.6 Å². The van der Waals surface area contributed by atoms with E-state index in [4.69, 9.17) is 9.47 Å². The number of β-amino-alcohol motifs (C(OH)–C–C–N with tert-alkyl or cyclic N) is 1. The number of likely N-dealkylation sites (tertiary alicyclic amines) is 1. The number of fused-ring (bicyclic) bond motifs is 1. The normalized spacial score (nSPS) is 25.4. The van der Waals surface area contributed by atoms with E-state index in [1.54, 1.807) is 17.1 Å². The molecule has 10 nitrogen and oxygen atoms in total.